The molecule has 0 aromatic carbocycles. The Balaban J connectivity index is 0.00000144. The fourth-order valence-electron chi connectivity index (χ4n) is 2.03. The van der Waals surface area contributed by atoms with E-state index in [0.717, 1.165) is 44.1 Å². The van der Waals surface area contributed by atoms with Crippen LogP contribution in [0.25, 0.3) is 0 Å². The quantitative estimate of drug-likeness (QED) is 0.840. The Morgan fingerprint density at radius 1 is 1.41 bits per heavy atom. The summed E-state index contributed by atoms with van der Waals surface area (Å²) in [6.45, 7) is 4.66. The van der Waals surface area contributed by atoms with Crippen LogP contribution in [0.5, 0.6) is 0 Å². The van der Waals surface area contributed by atoms with Gasteiger partial charge in [-0.05, 0) is 38.3 Å². The van der Waals surface area contributed by atoms with Gasteiger partial charge >= 0.3 is 0 Å². The average molecular weight is 277 g/mol. The third-order valence-electron chi connectivity index (χ3n) is 3.04. The smallest absolute Gasteiger partial charge is 0.226 e. The minimum absolute atomic E-state index is 0. The third kappa shape index (κ3) is 3.69. The van der Waals surface area contributed by atoms with E-state index in [1.54, 1.807) is 6.07 Å². The van der Waals surface area contributed by atoms with Crippen molar-refractivity contribution in [3.05, 3.63) is 16.9 Å². The number of hydrogen-bond donors (Lipinski definition) is 1. The molecule has 2 N–H and O–H groups in total. The Morgan fingerprint density at radius 3 is 2.59 bits per heavy atom. The summed E-state index contributed by atoms with van der Waals surface area (Å²) in [4.78, 5) is 10.9. The van der Waals surface area contributed by atoms with Crippen LogP contribution in [0.2, 0.25) is 5.15 Å². The van der Waals surface area contributed by atoms with Crippen molar-refractivity contribution in [3.8, 4) is 0 Å². The molecule has 0 aliphatic carbocycles. The van der Waals surface area contributed by atoms with Crippen LogP contribution >= 0.6 is 24.0 Å². The zero-order chi connectivity index (χ0) is 11.5. The molecule has 0 atom stereocenters. The second-order valence-corrected chi connectivity index (χ2v) is 4.69. The number of rotatable bonds is 2. The van der Waals surface area contributed by atoms with Crippen LogP contribution in [0.15, 0.2) is 6.07 Å². The molecule has 1 saturated heterocycles. The summed E-state index contributed by atoms with van der Waals surface area (Å²) in [6.07, 6.45) is 2.23. The molecule has 4 nitrogen and oxygen atoms in total. The summed E-state index contributed by atoms with van der Waals surface area (Å²) in [5.41, 5.74) is 6.58. The molecule has 1 aliphatic rings. The first-order valence-electron chi connectivity index (χ1n) is 5.65. The molecular weight excluding hydrogens is 259 g/mol. The summed E-state index contributed by atoms with van der Waals surface area (Å²) in [6, 6.07) is 1.78. The van der Waals surface area contributed by atoms with Crippen LogP contribution in [0.1, 0.15) is 18.5 Å². The topological polar surface area (TPSA) is 55.0 Å². The molecule has 0 unspecified atom stereocenters. The summed E-state index contributed by atoms with van der Waals surface area (Å²) in [5.74, 6) is 1.40. The molecule has 0 spiro atoms. The number of nitrogens with zero attached hydrogens (tertiary/aromatic N) is 3. The van der Waals surface area contributed by atoms with E-state index in [2.05, 4.69) is 14.9 Å². The first kappa shape index (κ1) is 14.5. The Bertz CT molecular complexity index is 344. The van der Waals surface area contributed by atoms with Gasteiger partial charge in [-0.15, -0.1) is 12.4 Å². The van der Waals surface area contributed by atoms with Gasteiger partial charge in [-0.2, -0.15) is 0 Å². The van der Waals surface area contributed by atoms with Gasteiger partial charge in [0.05, 0.1) is 0 Å². The number of halogens is 2. The molecular formula is C11H18Cl2N4. The first-order chi connectivity index (χ1) is 7.69. The highest BCUT2D eigenvalue weighted by atomic mass is 35.5. The lowest BCUT2D eigenvalue weighted by molar-refractivity contribution is 0.411. The van der Waals surface area contributed by atoms with E-state index in [9.17, 15) is 0 Å². The molecule has 96 valence electrons. The predicted octanol–water partition coefficient (Wildman–Crippen LogP) is 2.04. The molecule has 1 aromatic rings. The van der Waals surface area contributed by atoms with Crippen molar-refractivity contribution in [1.82, 2.24) is 9.97 Å². The summed E-state index contributed by atoms with van der Waals surface area (Å²) in [7, 11) is 0. The highest BCUT2D eigenvalue weighted by molar-refractivity contribution is 6.29. The SMILES string of the molecule is Cc1cc(Cl)nc(N2CCC(CN)CC2)n1.Cl. The van der Waals surface area contributed by atoms with Gasteiger partial charge in [0.15, 0.2) is 0 Å². The molecule has 0 radical (unpaired) electrons. The van der Waals surface area contributed by atoms with Crippen LogP contribution in [-0.2, 0) is 0 Å². The number of nitrogens with two attached hydrogens (primary N) is 1. The predicted molar refractivity (Wildman–Crippen MR) is 73.0 cm³/mol. The average Bonchev–Trinajstić information content (AvgIpc) is 2.28. The summed E-state index contributed by atoms with van der Waals surface area (Å²) in [5, 5.41) is 0.517. The monoisotopic (exact) mass is 276 g/mol. The Labute approximate surface area is 113 Å². The van der Waals surface area contributed by atoms with Crippen LogP contribution in [0.3, 0.4) is 0 Å². The van der Waals surface area contributed by atoms with Gasteiger partial charge < -0.3 is 10.6 Å². The van der Waals surface area contributed by atoms with Crippen molar-refractivity contribution >= 4 is 30.0 Å². The second kappa shape index (κ2) is 6.38. The Kier molecular flexibility index (Phi) is 5.43. The van der Waals surface area contributed by atoms with Gasteiger partial charge in [0.25, 0.3) is 0 Å². The standard InChI is InChI=1S/C11H17ClN4.ClH/c1-8-6-10(12)15-11(14-8)16-4-2-9(7-13)3-5-16;/h6,9H,2-5,7,13H2,1H3;1H. The molecule has 1 aromatic heterocycles. The maximum atomic E-state index is 5.93. The van der Waals surface area contributed by atoms with Crippen molar-refractivity contribution < 1.29 is 0 Å². The third-order valence-corrected chi connectivity index (χ3v) is 3.24. The number of aryl methyl sites for hydroxylation is 1. The van der Waals surface area contributed by atoms with E-state index in [-0.39, 0.29) is 12.4 Å². The van der Waals surface area contributed by atoms with Crippen LogP contribution in [0.4, 0.5) is 5.95 Å². The second-order valence-electron chi connectivity index (χ2n) is 4.30. The lowest BCUT2D eigenvalue weighted by Crippen LogP contribution is -2.37. The molecule has 17 heavy (non-hydrogen) atoms. The zero-order valence-electron chi connectivity index (χ0n) is 9.90. The molecule has 2 rings (SSSR count). The van der Waals surface area contributed by atoms with Crippen molar-refractivity contribution in [2.45, 2.75) is 19.8 Å². The van der Waals surface area contributed by atoms with Crippen molar-refractivity contribution in [3.63, 3.8) is 0 Å². The van der Waals surface area contributed by atoms with Gasteiger partial charge in [0.2, 0.25) is 5.95 Å². The van der Waals surface area contributed by atoms with Gasteiger partial charge in [0, 0.05) is 18.8 Å². The van der Waals surface area contributed by atoms with E-state index in [1.165, 1.54) is 0 Å². The molecule has 6 heteroatoms. The summed E-state index contributed by atoms with van der Waals surface area (Å²) >= 11 is 5.93. The van der Waals surface area contributed by atoms with Crippen molar-refractivity contribution in [2.24, 2.45) is 11.7 Å². The van der Waals surface area contributed by atoms with Crippen LogP contribution in [-0.4, -0.2) is 29.6 Å². The molecule has 1 fully saturated rings. The minimum atomic E-state index is 0. The largest absolute Gasteiger partial charge is 0.341 e. The molecule has 0 saturated carbocycles. The maximum Gasteiger partial charge on any atom is 0.226 e. The lowest BCUT2D eigenvalue weighted by Gasteiger charge is -2.31. The van der Waals surface area contributed by atoms with Crippen molar-refractivity contribution in [2.75, 3.05) is 24.5 Å². The lowest BCUT2D eigenvalue weighted by atomic mass is 9.97. The van der Waals surface area contributed by atoms with Crippen LogP contribution < -0.4 is 10.6 Å². The van der Waals surface area contributed by atoms with E-state index in [4.69, 9.17) is 17.3 Å². The Morgan fingerprint density at radius 2 is 2.06 bits per heavy atom. The highest BCUT2D eigenvalue weighted by Gasteiger charge is 2.20. The minimum Gasteiger partial charge on any atom is -0.341 e. The van der Waals surface area contributed by atoms with Gasteiger partial charge in [-0.3, -0.25) is 0 Å². The highest BCUT2D eigenvalue weighted by Crippen LogP contribution is 2.21. The maximum absolute atomic E-state index is 5.93. The van der Waals surface area contributed by atoms with E-state index >= 15 is 0 Å². The van der Waals surface area contributed by atoms with Gasteiger partial charge in [0.1, 0.15) is 5.15 Å². The fourth-order valence-corrected chi connectivity index (χ4v) is 2.26. The molecule has 0 bridgehead atoms. The number of anilines is 1. The van der Waals surface area contributed by atoms with Gasteiger partial charge in [-0.1, -0.05) is 11.6 Å². The normalized spacial score (nSPS) is 16.8. The molecule has 2 heterocycles. The molecule has 1 aliphatic heterocycles. The van der Waals surface area contributed by atoms with Crippen molar-refractivity contribution in [1.29, 1.82) is 0 Å². The zero-order valence-corrected chi connectivity index (χ0v) is 11.5. The van der Waals surface area contributed by atoms with E-state index < -0.39 is 0 Å². The summed E-state index contributed by atoms with van der Waals surface area (Å²) < 4.78 is 0. The van der Waals surface area contributed by atoms with E-state index in [0.29, 0.717) is 11.1 Å². The number of hydrogen-bond acceptors (Lipinski definition) is 4. The molecule has 0 amide bonds. The number of piperidine rings is 1. The van der Waals surface area contributed by atoms with E-state index in [1.807, 2.05) is 6.92 Å². The fraction of sp³-hybridized carbons (Fsp3) is 0.636. The van der Waals surface area contributed by atoms with Crippen LogP contribution in [0, 0.1) is 12.8 Å². The van der Waals surface area contributed by atoms with Gasteiger partial charge in [-0.25, -0.2) is 9.97 Å². The Hall–Kier alpha value is -0.580. The first-order valence-corrected chi connectivity index (χ1v) is 6.03. The number of aromatic nitrogens is 2.